The summed E-state index contributed by atoms with van der Waals surface area (Å²) in [6.45, 7) is 11.5. The molecule has 0 aliphatic carbocycles. The molecule has 0 aromatic heterocycles. The maximum atomic E-state index is 5.56. The van der Waals surface area contributed by atoms with Crippen LogP contribution < -0.4 is 5.73 Å². The van der Waals surface area contributed by atoms with Crippen LogP contribution in [-0.4, -0.2) is 0 Å². The van der Waals surface area contributed by atoms with Crippen molar-refractivity contribution in [3.63, 3.8) is 0 Å². The molecule has 0 amide bonds. The van der Waals surface area contributed by atoms with Crippen molar-refractivity contribution >= 4 is 0 Å². The Morgan fingerprint density at radius 1 is 1.36 bits per heavy atom. The predicted octanol–water partition coefficient (Wildman–Crippen LogP) is 3.01. The highest BCUT2D eigenvalue weighted by Crippen LogP contribution is 2.00. The van der Waals surface area contributed by atoms with Gasteiger partial charge in [-0.1, -0.05) is 32.6 Å². The summed E-state index contributed by atoms with van der Waals surface area (Å²) in [4.78, 5) is 0. The maximum absolute atomic E-state index is 5.56. The van der Waals surface area contributed by atoms with Gasteiger partial charge in [0, 0.05) is 5.70 Å². The number of hydrogen-bond acceptors (Lipinski definition) is 1. The number of hydrogen-bond donors (Lipinski definition) is 1. The molecule has 0 aliphatic heterocycles. The van der Waals surface area contributed by atoms with Crippen LogP contribution in [0.25, 0.3) is 0 Å². The molecule has 0 rings (SSSR count). The lowest BCUT2D eigenvalue weighted by molar-refractivity contribution is 1.28. The van der Waals surface area contributed by atoms with Crippen LogP contribution in [0.15, 0.2) is 36.1 Å². The monoisotopic (exact) mass is 153 g/mol. The molecule has 0 saturated heterocycles. The first kappa shape index (κ1) is 12.7. The molecular weight excluding hydrogens is 134 g/mol. The van der Waals surface area contributed by atoms with Gasteiger partial charge in [-0.2, -0.15) is 0 Å². The minimum atomic E-state index is 0.785. The maximum Gasteiger partial charge on any atom is 0.0340 e. The van der Waals surface area contributed by atoms with Gasteiger partial charge < -0.3 is 5.73 Å². The fourth-order valence-electron chi connectivity index (χ4n) is 0.425. The standard InChI is InChI=1S/C8H13N.C2H6/c1-4-6-8(9)7(3)5-2;1-2/h4-6H,1,9H2,2-3H3;1-2H3/b7-5-,8-6+;. The van der Waals surface area contributed by atoms with E-state index in [2.05, 4.69) is 6.58 Å². The Hall–Kier alpha value is -0.980. The number of allylic oxidation sites excluding steroid dienone is 4. The van der Waals surface area contributed by atoms with E-state index in [1.165, 1.54) is 0 Å². The summed E-state index contributed by atoms with van der Waals surface area (Å²) < 4.78 is 0. The molecule has 0 heterocycles. The van der Waals surface area contributed by atoms with E-state index in [1.807, 2.05) is 33.8 Å². The third-order valence-electron chi connectivity index (χ3n) is 1.19. The molecule has 0 aromatic rings. The van der Waals surface area contributed by atoms with Crippen molar-refractivity contribution in [2.75, 3.05) is 0 Å². The van der Waals surface area contributed by atoms with Gasteiger partial charge >= 0.3 is 0 Å². The summed E-state index contributed by atoms with van der Waals surface area (Å²) in [6.07, 6.45) is 5.44. The lowest BCUT2D eigenvalue weighted by atomic mass is 10.2. The van der Waals surface area contributed by atoms with Crippen LogP contribution in [0.2, 0.25) is 0 Å². The largest absolute Gasteiger partial charge is 0.399 e. The SMILES string of the molecule is C=C/C=C(N)\C(C)=C/C.CC. The molecule has 0 spiro atoms. The van der Waals surface area contributed by atoms with Crippen molar-refractivity contribution in [3.8, 4) is 0 Å². The fraction of sp³-hybridized carbons (Fsp3) is 0.400. The van der Waals surface area contributed by atoms with E-state index < -0.39 is 0 Å². The Kier molecular flexibility index (Phi) is 10.4. The van der Waals surface area contributed by atoms with Crippen LogP contribution in [0.5, 0.6) is 0 Å². The Morgan fingerprint density at radius 3 is 2.09 bits per heavy atom. The van der Waals surface area contributed by atoms with Gasteiger partial charge in [-0.15, -0.1) is 0 Å². The molecule has 0 aromatic carbocycles. The highest BCUT2D eigenvalue weighted by atomic mass is 14.6. The summed E-state index contributed by atoms with van der Waals surface area (Å²) in [7, 11) is 0. The third kappa shape index (κ3) is 6.91. The van der Waals surface area contributed by atoms with Gasteiger partial charge in [0.2, 0.25) is 0 Å². The molecule has 2 N–H and O–H groups in total. The molecule has 0 aliphatic rings. The predicted molar refractivity (Wildman–Crippen MR) is 53.2 cm³/mol. The van der Waals surface area contributed by atoms with Crippen LogP contribution in [-0.2, 0) is 0 Å². The van der Waals surface area contributed by atoms with E-state index in [4.69, 9.17) is 5.73 Å². The van der Waals surface area contributed by atoms with Gasteiger partial charge in [0.15, 0.2) is 0 Å². The first-order valence-electron chi connectivity index (χ1n) is 3.93. The molecule has 0 fully saturated rings. The van der Waals surface area contributed by atoms with E-state index in [-0.39, 0.29) is 0 Å². The lowest BCUT2D eigenvalue weighted by Gasteiger charge is -1.96. The van der Waals surface area contributed by atoms with Gasteiger partial charge in [0.1, 0.15) is 0 Å². The van der Waals surface area contributed by atoms with Crippen LogP contribution >= 0.6 is 0 Å². The first-order chi connectivity index (χ1) is 5.22. The zero-order valence-corrected chi connectivity index (χ0v) is 8.02. The average molecular weight is 153 g/mol. The third-order valence-corrected chi connectivity index (χ3v) is 1.19. The van der Waals surface area contributed by atoms with E-state index >= 15 is 0 Å². The molecule has 1 heteroatoms. The molecule has 0 atom stereocenters. The van der Waals surface area contributed by atoms with E-state index in [0.29, 0.717) is 0 Å². The molecule has 0 bridgehead atoms. The molecule has 0 saturated carbocycles. The second kappa shape index (κ2) is 9.02. The Morgan fingerprint density at radius 2 is 1.82 bits per heavy atom. The van der Waals surface area contributed by atoms with Crippen molar-refractivity contribution in [2.45, 2.75) is 27.7 Å². The zero-order valence-electron chi connectivity index (χ0n) is 8.02. The Balaban J connectivity index is 0. The minimum Gasteiger partial charge on any atom is -0.399 e. The first-order valence-corrected chi connectivity index (χ1v) is 3.93. The van der Waals surface area contributed by atoms with E-state index in [9.17, 15) is 0 Å². The van der Waals surface area contributed by atoms with Crippen molar-refractivity contribution in [1.82, 2.24) is 0 Å². The van der Waals surface area contributed by atoms with Gasteiger partial charge in [0.05, 0.1) is 0 Å². The van der Waals surface area contributed by atoms with Crippen molar-refractivity contribution in [1.29, 1.82) is 0 Å². The topological polar surface area (TPSA) is 26.0 Å². The smallest absolute Gasteiger partial charge is 0.0340 e. The van der Waals surface area contributed by atoms with Crippen molar-refractivity contribution in [3.05, 3.63) is 36.1 Å². The zero-order chi connectivity index (χ0) is 9.28. The Labute approximate surface area is 70.3 Å². The minimum absolute atomic E-state index is 0.785. The van der Waals surface area contributed by atoms with E-state index in [0.717, 1.165) is 11.3 Å². The van der Waals surface area contributed by atoms with Crippen LogP contribution in [0.3, 0.4) is 0 Å². The Bertz CT molecular complexity index is 152. The van der Waals surface area contributed by atoms with Gasteiger partial charge in [-0.05, 0) is 25.5 Å². The highest BCUT2D eigenvalue weighted by molar-refractivity contribution is 5.27. The van der Waals surface area contributed by atoms with Gasteiger partial charge in [-0.3, -0.25) is 0 Å². The quantitative estimate of drug-likeness (QED) is 0.606. The molecule has 0 radical (unpaired) electrons. The van der Waals surface area contributed by atoms with Crippen molar-refractivity contribution < 1.29 is 0 Å². The lowest BCUT2D eigenvalue weighted by Crippen LogP contribution is -1.96. The van der Waals surface area contributed by atoms with Gasteiger partial charge in [-0.25, -0.2) is 0 Å². The van der Waals surface area contributed by atoms with Gasteiger partial charge in [0.25, 0.3) is 0 Å². The summed E-state index contributed by atoms with van der Waals surface area (Å²) in [5.74, 6) is 0. The van der Waals surface area contributed by atoms with Crippen LogP contribution in [0.4, 0.5) is 0 Å². The molecule has 0 unspecified atom stereocenters. The van der Waals surface area contributed by atoms with Crippen LogP contribution in [0, 0.1) is 0 Å². The summed E-state index contributed by atoms with van der Waals surface area (Å²) in [5, 5.41) is 0. The summed E-state index contributed by atoms with van der Waals surface area (Å²) in [6, 6.07) is 0. The summed E-state index contributed by atoms with van der Waals surface area (Å²) >= 11 is 0. The number of rotatable bonds is 2. The molecule has 64 valence electrons. The highest BCUT2D eigenvalue weighted by Gasteiger charge is 1.86. The molecular formula is C10H19N. The van der Waals surface area contributed by atoms with Crippen molar-refractivity contribution in [2.24, 2.45) is 5.73 Å². The molecule has 11 heavy (non-hydrogen) atoms. The van der Waals surface area contributed by atoms with E-state index in [1.54, 1.807) is 12.2 Å². The van der Waals surface area contributed by atoms with Crippen LogP contribution in [0.1, 0.15) is 27.7 Å². The average Bonchev–Trinajstić information content (AvgIpc) is 2.07. The summed E-state index contributed by atoms with van der Waals surface area (Å²) in [5.41, 5.74) is 7.44. The normalized spacial score (nSPS) is 11.6. The fourth-order valence-corrected chi connectivity index (χ4v) is 0.425. The number of nitrogens with two attached hydrogens (primary N) is 1. The second-order valence-corrected chi connectivity index (χ2v) is 1.83. The molecule has 1 nitrogen and oxygen atoms in total. The second-order valence-electron chi connectivity index (χ2n) is 1.83.